The van der Waals surface area contributed by atoms with Crippen LogP contribution in [0.4, 0.5) is 0 Å². The summed E-state index contributed by atoms with van der Waals surface area (Å²) in [5, 5.41) is 2.54. The van der Waals surface area contributed by atoms with Crippen molar-refractivity contribution in [2.45, 2.75) is 52.6 Å². The van der Waals surface area contributed by atoms with Crippen molar-refractivity contribution < 1.29 is 4.74 Å². The van der Waals surface area contributed by atoms with E-state index in [0.29, 0.717) is 11.5 Å². The minimum Gasteiger partial charge on any atom is -0.490 e. The van der Waals surface area contributed by atoms with Crippen LogP contribution in [-0.2, 0) is 0 Å². The van der Waals surface area contributed by atoms with Crippen LogP contribution in [0.25, 0.3) is 10.8 Å². The molecule has 1 saturated carbocycles. The highest BCUT2D eigenvalue weighted by Crippen LogP contribution is 2.39. The minimum absolute atomic E-state index is 0.377. The summed E-state index contributed by atoms with van der Waals surface area (Å²) in [5.41, 5.74) is 0.431. The van der Waals surface area contributed by atoms with Gasteiger partial charge in [0.1, 0.15) is 5.75 Å². The first-order valence-electron chi connectivity index (χ1n) is 8.29. The summed E-state index contributed by atoms with van der Waals surface area (Å²) in [6.07, 6.45) is 5.32. The van der Waals surface area contributed by atoms with Gasteiger partial charge < -0.3 is 4.74 Å². The van der Waals surface area contributed by atoms with Crippen LogP contribution in [0.5, 0.6) is 5.75 Å². The first-order chi connectivity index (χ1) is 10.4. The van der Waals surface area contributed by atoms with Crippen molar-refractivity contribution >= 4 is 33.4 Å². The summed E-state index contributed by atoms with van der Waals surface area (Å²) in [4.78, 5) is 0. The normalized spacial score (nSPS) is 22.7. The molecule has 118 valence electrons. The molecule has 0 radical (unpaired) electrons. The van der Waals surface area contributed by atoms with Crippen molar-refractivity contribution in [1.82, 2.24) is 0 Å². The molecule has 0 aromatic heterocycles. The van der Waals surface area contributed by atoms with Crippen LogP contribution < -0.4 is 4.74 Å². The summed E-state index contributed by atoms with van der Waals surface area (Å²) in [6, 6.07) is 12.9. The van der Waals surface area contributed by atoms with Crippen LogP contribution in [0, 0.1) is 14.9 Å². The third kappa shape index (κ3) is 3.42. The van der Waals surface area contributed by atoms with Crippen molar-refractivity contribution in [3.63, 3.8) is 0 Å². The molecular formula is C20H25IO. The molecule has 0 saturated heterocycles. The van der Waals surface area contributed by atoms with Crippen LogP contribution in [-0.4, -0.2) is 6.10 Å². The Bertz CT molecular complexity index is 648. The maximum absolute atomic E-state index is 6.38. The highest BCUT2D eigenvalue weighted by Gasteiger charge is 2.30. The second-order valence-electron chi connectivity index (χ2n) is 7.55. The fourth-order valence-corrected chi connectivity index (χ4v) is 4.25. The van der Waals surface area contributed by atoms with Gasteiger partial charge in [-0.2, -0.15) is 0 Å². The SMILES string of the molecule is CC(C)(C)C1CCC(Oc2cccc3c(I)cccc23)CC1. The molecule has 1 nitrogen and oxygen atoms in total. The van der Waals surface area contributed by atoms with Gasteiger partial charge in [0.05, 0.1) is 6.10 Å². The lowest BCUT2D eigenvalue weighted by molar-refractivity contribution is 0.0892. The number of ether oxygens (including phenoxy) is 1. The third-order valence-electron chi connectivity index (χ3n) is 5.02. The average Bonchev–Trinajstić information content (AvgIpc) is 2.48. The van der Waals surface area contributed by atoms with E-state index in [0.717, 1.165) is 11.7 Å². The number of fused-ring (bicyclic) bond motifs is 1. The van der Waals surface area contributed by atoms with Gasteiger partial charge in [-0.15, -0.1) is 0 Å². The summed E-state index contributed by atoms with van der Waals surface area (Å²) in [5.74, 6) is 1.89. The average molecular weight is 408 g/mol. The molecule has 0 aliphatic heterocycles. The van der Waals surface area contributed by atoms with Crippen molar-refractivity contribution in [3.05, 3.63) is 40.0 Å². The summed E-state index contributed by atoms with van der Waals surface area (Å²) in [6.45, 7) is 7.10. The molecule has 0 spiro atoms. The zero-order chi connectivity index (χ0) is 15.7. The number of hydrogen-bond acceptors (Lipinski definition) is 1. The Kier molecular flexibility index (Phi) is 4.67. The third-order valence-corrected chi connectivity index (χ3v) is 5.96. The Morgan fingerprint density at radius 2 is 1.55 bits per heavy atom. The first-order valence-corrected chi connectivity index (χ1v) is 9.37. The van der Waals surface area contributed by atoms with E-state index in [9.17, 15) is 0 Å². The van der Waals surface area contributed by atoms with E-state index >= 15 is 0 Å². The van der Waals surface area contributed by atoms with Crippen LogP contribution in [0.2, 0.25) is 0 Å². The molecule has 2 aromatic rings. The Morgan fingerprint density at radius 3 is 2.23 bits per heavy atom. The molecule has 0 atom stereocenters. The van der Waals surface area contributed by atoms with Crippen molar-refractivity contribution in [3.8, 4) is 5.75 Å². The van der Waals surface area contributed by atoms with Gasteiger partial charge >= 0.3 is 0 Å². The molecular weight excluding hydrogens is 383 g/mol. The largest absolute Gasteiger partial charge is 0.490 e. The van der Waals surface area contributed by atoms with Crippen molar-refractivity contribution in [2.75, 3.05) is 0 Å². The molecule has 2 heteroatoms. The predicted molar refractivity (Wildman–Crippen MR) is 102 cm³/mol. The Hall–Kier alpha value is -0.770. The molecule has 3 rings (SSSR count). The molecule has 1 fully saturated rings. The van der Waals surface area contributed by atoms with E-state index in [1.807, 2.05) is 0 Å². The maximum Gasteiger partial charge on any atom is 0.127 e. The second-order valence-corrected chi connectivity index (χ2v) is 8.71. The molecule has 1 aliphatic rings. The summed E-state index contributed by atoms with van der Waals surface area (Å²) < 4.78 is 7.67. The molecule has 0 amide bonds. The fourth-order valence-electron chi connectivity index (χ4n) is 3.57. The van der Waals surface area contributed by atoms with Gasteiger partial charge in [0.15, 0.2) is 0 Å². The Morgan fingerprint density at radius 1 is 0.909 bits per heavy atom. The van der Waals surface area contributed by atoms with Crippen LogP contribution in [0.3, 0.4) is 0 Å². The standard InChI is InChI=1S/C20H25IO/c1-20(2,3)14-10-12-15(13-11-14)22-19-9-5-6-16-17(19)7-4-8-18(16)21/h4-9,14-15H,10-13H2,1-3H3. The fraction of sp³-hybridized carbons (Fsp3) is 0.500. The molecule has 0 unspecified atom stereocenters. The summed E-state index contributed by atoms with van der Waals surface area (Å²) in [7, 11) is 0. The topological polar surface area (TPSA) is 9.23 Å². The van der Waals surface area contributed by atoms with E-state index in [1.165, 1.54) is 40.0 Å². The van der Waals surface area contributed by atoms with E-state index in [2.05, 4.69) is 79.8 Å². The van der Waals surface area contributed by atoms with E-state index in [1.54, 1.807) is 0 Å². The van der Waals surface area contributed by atoms with E-state index in [4.69, 9.17) is 4.74 Å². The molecule has 2 aromatic carbocycles. The highest BCUT2D eigenvalue weighted by molar-refractivity contribution is 14.1. The van der Waals surface area contributed by atoms with Crippen LogP contribution >= 0.6 is 22.6 Å². The Balaban J connectivity index is 1.74. The highest BCUT2D eigenvalue weighted by atomic mass is 127. The van der Waals surface area contributed by atoms with Gasteiger partial charge in [-0.25, -0.2) is 0 Å². The quantitative estimate of drug-likeness (QED) is 0.521. The van der Waals surface area contributed by atoms with Crippen LogP contribution in [0.15, 0.2) is 36.4 Å². The Labute approximate surface area is 147 Å². The number of rotatable bonds is 2. The zero-order valence-electron chi connectivity index (χ0n) is 13.7. The molecule has 1 aliphatic carbocycles. The van der Waals surface area contributed by atoms with Gasteiger partial charge in [-0.3, -0.25) is 0 Å². The number of halogens is 1. The van der Waals surface area contributed by atoms with Crippen molar-refractivity contribution in [1.29, 1.82) is 0 Å². The maximum atomic E-state index is 6.38. The van der Waals surface area contributed by atoms with E-state index < -0.39 is 0 Å². The lowest BCUT2D eigenvalue weighted by atomic mass is 9.72. The summed E-state index contributed by atoms with van der Waals surface area (Å²) >= 11 is 2.40. The van der Waals surface area contributed by atoms with Gasteiger partial charge in [0.25, 0.3) is 0 Å². The predicted octanol–water partition coefficient (Wildman–Crippen LogP) is 6.43. The molecule has 0 N–H and O–H groups in total. The molecule has 22 heavy (non-hydrogen) atoms. The van der Waals surface area contributed by atoms with Gasteiger partial charge in [0.2, 0.25) is 0 Å². The first kappa shape index (κ1) is 16.1. The lowest BCUT2D eigenvalue weighted by Crippen LogP contribution is -2.30. The van der Waals surface area contributed by atoms with Gasteiger partial charge in [-0.05, 0) is 77.1 Å². The minimum atomic E-state index is 0.377. The van der Waals surface area contributed by atoms with E-state index in [-0.39, 0.29) is 0 Å². The lowest BCUT2D eigenvalue weighted by Gasteiger charge is -2.37. The molecule has 0 heterocycles. The molecule has 0 bridgehead atoms. The number of benzene rings is 2. The van der Waals surface area contributed by atoms with Gasteiger partial charge in [0, 0.05) is 8.96 Å². The second kappa shape index (κ2) is 6.38. The van der Waals surface area contributed by atoms with Crippen molar-refractivity contribution in [2.24, 2.45) is 11.3 Å². The number of hydrogen-bond donors (Lipinski definition) is 0. The smallest absolute Gasteiger partial charge is 0.127 e. The monoisotopic (exact) mass is 408 g/mol. The van der Waals surface area contributed by atoms with Crippen LogP contribution in [0.1, 0.15) is 46.5 Å². The zero-order valence-corrected chi connectivity index (χ0v) is 15.9. The van der Waals surface area contributed by atoms with Gasteiger partial charge in [-0.1, -0.05) is 45.0 Å².